The number of halogens is 2. The summed E-state index contributed by atoms with van der Waals surface area (Å²) in [5.41, 5.74) is 1.19. The maximum absolute atomic E-state index is 13.1. The highest BCUT2D eigenvalue weighted by molar-refractivity contribution is 7.92. The third-order valence-electron chi connectivity index (χ3n) is 5.01. The van der Waals surface area contributed by atoms with E-state index in [0.29, 0.717) is 10.6 Å². The molecule has 0 fully saturated rings. The van der Waals surface area contributed by atoms with Crippen molar-refractivity contribution in [3.63, 3.8) is 0 Å². The monoisotopic (exact) mass is 508 g/mol. The minimum Gasteiger partial charge on any atom is -0.321 e. The molecule has 4 aromatic rings. The van der Waals surface area contributed by atoms with Gasteiger partial charge < -0.3 is 5.32 Å². The lowest BCUT2D eigenvalue weighted by molar-refractivity contribution is 0.102. The average molecular weight is 509 g/mol. The molecule has 0 aliphatic carbocycles. The number of benzene rings is 4. The summed E-state index contributed by atoms with van der Waals surface area (Å²) in [5, 5.41) is 3.03. The first kappa shape index (κ1) is 24.1. The summed E-state index contributed by atoms with van der Waals surface area (Å²) in [7, 11) is -3.99. The Labute approximate surface area is 206 Å². The summed E-state index contributed by atoms with van der Waals surface area (Å²) < 4.78 is 40.7. The molecule has 0 aliphatic rings. The van der Waals surface area contributed by atoms with Crippen molar-refractivity contribution < 1.29 is 22.4 Å². The zero-order valence-corrected chi connectivity index (χ0v) is 19.6. The molecule has 0 bridgehead atoms. The van der Waals surface area contributed by atoms with Crippen molar-refractivity contribution in [1.29, 1.82) is 0 Å². The van der Waals surface area contributed by atoms with Crippen LogP contribution in [0.4, 0.5) is 15.8 Å². The number of rotatable bonds is 7. The van der Waals surface area contributed by atoms with Crippen LogP contribution in [0.1, 0.15) is 26.3 Å². The van der Waals surface area contributed by atoms with Crippen molar-refractivity contribution in [3.8, 4) is 0 Å². The van der Waals surface area contributed by atoms with Crippen LogP contribution in [0.25, 0.3) is 0 Å². The van der Waals surface area contributed by atoms with Crippen LogP contribution in [-0.2, 0) is 10.0 Å². The van der Waals surface area contributed by atoms with E-state index in [1.165, 1.54) is 36.4 Å². The summed E-state index contributed by atoms with van der Waals surface area (Å²) in [6, 6.07) is 23.3. The van der Waals surface area contributed by atoms with E-state index in [-0.39, 0.29) is 33.2 Å². The average Bonchev–Trinajstić information content (AvgIpc) is 2.85. The van der Waals surface area contributed by atoms with Crippen molar-refractivity contribution in [2.24, 2.45) is 0 Å². The number of hydrogen-bond acceptors (Lipinski definition) is 4. The van der Waals surface area contributed by atoms with Crippen molar-refractivity contribution >= 4 is 44.7 Å². The number of nitrogens with one attached hydrogen (secondary N) is 2. The molecule has 9 heteroatoms. The van der Waals surface area contributed by atoms with Crippen LogP contribution < -0.4 is 10.0 Å². The number of anilines is 2. The molecular formula is C26H18ClFN2O4S. The third-order valence-corrected chi connectivity index (χ3v) is 6.64. The normalized spacial score (nSPS) is 11.0. The molecule has 0 aliphatic heterocycles. The Kier molecular flexibility index (Phi) is 6.95. The zero-order chi connectivity index (χ0) is 25.0. The van der Waals surface area contributed by atoms with Crippen LogP contribution in [0.15, 0.2) is 102 Å². The maximum Gasteiger partial charge on any atom is 0.261 e. The molecule has 35 heavy (non-hydrogen) atoms. The maximum atomic E-state index is 13.1. The van der Waals surface area contributed by atoms with Gasteiger partial charge in [-0.1, -0.05) is 48.0 Å². The number of amides is 1. The van der Waals surface area contributed by atoms with Crippen LogP contribution >= 0.6 is 11.6 Å². The van der Waals surface area contributed by atoms with Gasteiger partial charge in [-0.25, -0.2) is 12.8 Å². The highest BCUT2D eigenvalue weighted by atomic mass is 35.5. The number of carbonyl (C=O) groups excluding carboxylic acids is 2. The van der Waals surface area contributed by atoms with Gasteiger partial charge in [-0.2, -0.15) is 0 Å². The van der Waals surface area contributed by atoms with Crippen molar-refractivity contribution in [3.05, 3.63) is 125 Å². The number of carbonyl (C=O) groups is 2. The smallest absolute Gasteiger partial charge is 0.261 e. The Morgan fingerprint density at radius 3 is 2.17 bits per heavy atom. The number of sulfonamides is 1. The number of ketones is 1. The van der Waals surface area contributed by atoms with E-state index >= 15 is 0 Å². The van der Waals surface area contributed by atoms with Crippen LogP contribution in [0.5, 0.6) is 0 Å². The molecule has 176 valence electrons. The fraction of sp³-hybridized carbons (Fsp3) is 0. The molecule has 0 saturated heterocycles. The van der Waals surface area contributed by atoms with E-state index in [1.54, 1.807) is 36.4 Å². The van der Waals surface area contributed by atoms with Gasteiger partial charge in [-0.3, -0.25) is 14.3 Å². The molecule has 0 spiro atoms. The minimum atomic E-state index is -3.99. The Hall–Kier alpha value is -4.01. The van der Waals surface area contributed by atoms with E-state index in [2.05, 4.69) is 10.0 Å². The van der Waals surface area contributed by atoms with Gasteiger partial charge in [0.2, 0.25) is 0 Å². The van der Waals surface area contributed by atoms with Gasteiger partial charge in [0.1, 0.15) is 5.82 Å². The first-order chi connectivity index (χ1) is 16.7. The molecule has 1 amide bonds. The standard InChI is InChI=1S/C26H18ClFN2O4S/c27-19-9-14-24(23(16-19)25(31)17-5-2-1-3-6-17)29-26(32)18-7-4-8-21(15-18)30-35(33,34)22-12-10-20(28)11-13-22/h1-16,30H,(H,29,32). The largest absolute Gasteiger partial charge is 0.321 e. The van der Waals surface area contributed by atoms with Gasteiger partial charge in [0.05, 0.1) is 10.6 Å². The van der Waals surface area contributed by atoms with E-state index < -0.39 is 21.7 Å². The predicted octanol–water partition coefficient (Wildman–Crippen LogP) is 5.76. The summed E-state index contributed by atoms with van der Waals surface area (Å²) in [6.45, 7) is 0. The molecule has 4 aromatic carbocycles. The summed E-state index contributed by atoms with van der Waals surface area (Å²) in [5.74, 6) is -1.43. The van der Waals surface area contributed by atoms with Crippen molar-refractivity contribution in [2.45, 2.75) is 4.90 Å². The Morgan fingerprint density at radius 1 is 0.771 bits per heavy atom. The second kappa shape index (κ2) is 10.1. The molecule has 0 unspecified atom stereocenters. The molecule has 0 heterocycles. The van der Waals surface area contributed by atoms with Gasteiger partial charge in [-0.15, -0.1) is 0 Å². The van der Waals surface area contributed by atoms with Gasteiger partial charge in [-0.05, 0) is 60.7 Å². The fourth-order valence-electron chi connectivity index (χ4n) is 3.30. The Balaban J connectivity index is 1.57. The van der Waals surface area contributed by atoms with E-state index in [4.69, 9.17) is 11.6 Å². The molecule has 0 atom stereocenters. The molecule has 6 nitrogen and oxygen atoms in total. The lowest BCUT2D eigenvalue weighted by Gasteiger charge is -2.13. The summed E-state index contributed by atoms with van der Waals surface area (Å²) in [6.07, 6.45) is 0. The highest BCUT2D eigenvalue weighted by Crippen LogP contribution is 2.25. The van der Waals surface area contributed by atoms with Crippen molar-refractivity contribution in [1.82, 2.24) is 0 Å². The number of hydrogen-bond donors (Lipinski definition) is 2. The predicted molar refractivity (Wildman–Crippen MR) is 133 cm³/mol. The van der Waals surface area contributed by atoms with Gasteiger partial charge in [0, 0.05) is 27.4 Å². The first-order valence-corrected chi connectivity index (χ1v) is 12.2. The van der Waals surface area contributed by atoms with Crippen LogP contribution in [-0.4, -0.2) is 20.1 Å². The molecule has 0 aromatic heterocycles. The zero-order valence-electron chi connectivity index (χ0n) is 18.0. The quantitative estimate of drug-likeness (QED) is 0.310. The fourth-order valence-corrected chi connectivity index (χ4v) is 4.53. The lowest BCUT2D eigenvalue weighted by Crippen LogP contribution is -2.16. The van der Waals surface area contributed by atoms with Crippen LogP contribution in [0.3, 0.4) is 0 Å². The third kappa shape index (κ3) is 5.74. The first-order valence-electron chi connectivity index (χ1n) is 10.3. The summed E-state index contributed by atoms with van der Waals surface area (Å²) >= 11 is 6.09. The van der Waals surface area contributed by atoms with E-state index in [1.807, 2.05) is 0 Å². The van der Waals surface area contributed by atoms with Crippen LogP contribution in [0, 0.1) is 5.82 Å². The highest BCUT2D eigenvalue weighted by Gasteiger charge is 2.18. The van der Waals surface area contributed by atoms with Crippen LogP contribution in [0.2, 0.25) is 5.02 Å². The van der Waals surface area contributed by atoms with Gasteiger partial charge in [0.15, 0.2) is 5.78 Å². The SMILES string of the molecule is O=C(Nc1ccc(Cl)cc1C(=O)c1ccccc1)c1cccc(NS(=O)(=O)c2ccc(F)cc2)c1. The Bertz CT molecular complexity index is 1510. The molecule has 0 saturated carbocycles. The molecule has 2 N–H and O–H groups in total. The van der Waals surface area contributed by atoms with Gasteiger partial charge >= 0.3 is 0 Å². The van der Waals surface area contributed by atoms with Crippen molar-refractivity contribution in [2.75, 3.05) is 10.0 Å². The topological polar surface area (TPSA) is 92.3 Å². The molecule has 4 rings (SSSR count). The van der Waals surface area contributed by atoms with E-state index in [9.17, 15) is 22.4 Å². The lowest BCUT2D eigenvalue weighted by atomic mass is 10.0. The van der Waals surface area contributed by atoms with Gasteiger partial charge in [0.25, 0.3) is 15.9 Å². The summed E-state index contributed by atoms with van der Waals surface area (Å²) in [4.78, 5) is 25.8. The Morgan fingerprint density at radius 2 is 1.46 bits per heavy atom. The minimum absolute atomic E-state index is 0.126. The van der Waals surface area contributed by atoms with E-state index in [0.717, 1.165) is 24.3 Å². The molecule has 0 radical (unpaired) electrons. The second-order valence-electron chi connectivity index (χ2n) is 7.48. The molecular weight excluding hydrogens is 491 g/mol. The second-order valence-corrected chi connectivity index (χ2v) is 9.60.